The quantitative estimate of drug-likeness (QED) is 0.796. The van der Waals surface area contributed by atoms with Crippen LogP contribution >= 0.6 is 0 Å². The lowest BCUT2D eigenvalue weighted by atomic mass is 9.74. The number of benzene rings is 1. The summed E-state index contributed by atoms with van der Waals surface area (Å²) in [7, 11) is 0. The molecule has 0 spiro atoms. The summed E-state index contributed by atoms with van der Waals surface area (Å²) in [4.78, 5) is 29.1. The number of piperazine rings is 1. The highest BCUT2D eigenvalue weighted by atomic mass is 16.3. The molecule has 25 heavy (non-hydrogen) atoms. The molecule has 2 atom stereocenters. The number of nitrogens with one attached hydrogen (secondary N) is 1. The van der Waals surface area contributed by atoms with E-state index in [1.807, 2.05) is 12.1 Å². The van der Waals surface area contributed by atoms with E-state index in [4.69, 9.17) is 0 Å². The van der Waals surface area contributed by atoms with Gasteiger partial charge in [0.25, 0.3) is 0 Å². The highest BCUT2D eigenvalue weighted by molar-refractivity contribution is 6.02. The van der Waals surface area contributed by atoms with E-state index in [1.54, 1.807) is 17.0 Å². The normalized spacial score (nSPS) is 24.4. The number of hydrogen-bond donors (Lipinski definition) is 2. The van der Waals surface area contributed by atoms with Gasteiger partial charge in [-0.25, -0.2) is 0 Å². The van der Waals surface area contributed by atoms with Crippen molar-refractivity contribution in [3.05, 3.63) is 24.3 Å². The minimum absolute atomic E-state index is 0.0173. The van der Waals surface area contributed by atoms with Crippen LogP contribution in [0.5, 0.6) is 5.75 Å². The summed E-state index contributed by atoms with van der Waals surface area (Å²) in [6, 6.07) is 7.24. The van der Waals surface area contributed by atoms with Gasteiger partial charge in [0.1, 0.15) is 11.7 Å². The molecule has 6 nitrogen and oxygen atoms in total. The Morgan fingerprint density at radius 1 is 1.16 bits per heavy atom. The highest BCUT2D eigenvalue weighted by Gasteiger charge is 2.47. The molecular weight excluding hydrogens is 318 g/mol. The van der Waals surface area contributed by atoms with Crippen LogP contribution in [0.25, 0.3) is 0 Å². The van der Waals surface area contributed by atoms with Gasteiger partial charge in [0.15, 0.2) is 0 Å². The predicted molar refractivity (Wildman–Crippen MR) is 96.3 cm³/mol. The smallest absolute Gasteiger partial charge is 0.235 e. The van der Waals surface area contributed by atoms with Gasteiger partial charge in [-0.3, -0.25) is 9.59 Å². The lowest BCUT2D eigenvalue weighted by Crippen LogP contribution is -2.52. The second-order valence-electron chi connectivity index (χ2n) is 8.00. The first-order valence-electron chi connectivity index (χ1n) is 8.88. The van der Waals surface area contributed by atoms with Crippen molar-refractivity contribution >= 4 is 17.5 Å². The van der Waals surface area contributed by atoms with Crippen molar-refractivity contribution in [2.45, 2.75) is 20.8 Å². The number of para-hydroxylation sites is 2. The predicted octanol–water partition coefficient (Wildman–Crippen LogP) is 1.45. The summed E-state index contributed by atoms with van der Waals surface area (Å²) in [6.45, 7) is 9.23. The molecule has 2 N–H and O–H groups in total. The number of carbonyl (C=O) groups is 2. The maximum atomic E-state index is 13.0. The Kier molecular flexibility index (Phi) is 4.62. The first-order chi connectivity index (χ1) is 11.8. The zero-order chi connectivity index (χ0) is 18.2. The molecule has 0 aromatic heterocycles. The number of hydrogen-bond acceptors (Lipinski definition) is 4. The SMILES string of the molecule is CC(C)(C)[C@@H]1CNC(=O)[C@H]1C(=O)N1CCN(c2ccccc2O)CC1. The van der Waals surface area contributed by atoms with Crippen LogP contribution in [-0.4, -0.2) is 54.5 Å². The molecule has 2 aliphatic rings. The summed E-state index contributed by atoms with van der Waals surface area (Å²) < 4.78 is 0. The van der Waals surface area contributed by atoms with Crippen LogP contribution in [0.4, 0.5) is 5.69 Å². The van der Waals surface area contributed by atoms with Gasteiger partial charge < -0.3 is 20.2 Å². The number of amides is 2. The Hall–Kier alpha value is -2.24. The van der Waals surface area contributed by atoms with Gasteiger partial charge >= 0.3 is 0 Å². The largest absolute Gasteiger partial charge is 0.506 e. The Labute approximate surface area is 148 Å². The van der Waals surface area contributed by atoms with E-state index >= 15 is 0 Å². The first-order valence-corrected chi connectivity index (χ1v) is 8.88. The summed E-state index contributed by atoms with van der Waals surface area (Å²) in [5.41, 5.74) is 0.692. The number of phenols is 1. The third-order valence-corrected chi connectivity index (χ3v) is 5.37. The summed E-state index contributed by atoms with van der Waals surface area (Å²) in [6.07, 6.45) is 0. The van der Waals surface area contributed by atoms with Crippen molar-refractivity contribution in [1.29, 1.82) is 0 Å². The minimum Gasteiger partial charge on any atom is -0.506 e. The summed E-state index contributed by atoms with van der Waals surface area (Å²) in [5.74, 6) is -0.523. The van der Waals surface area contributed by atoms with Crippen molar-refractivity contribution in [1.82, 2.24) is 10.2 Å². The van der Waals surface area contributed by atoms with Crippen LogP contribution < -0.4 is 10.2 Å². The molecule has 2 saturated heterocycles. The van der Waals surface area contributed by atoms with Crippen molar-refractivity contribution in [3.8, 4) is 5.75 Å². The number of phenolic OH excluding ortho intramolecular Hbond substituents is 1. The standard InChI is InChI=1S/C19H27N3O3/c1-19(2,3)13-12-20-17(24)16(13)18(25)22-10-8-21(9-11-22)14-6-4-5-7-15(14)23/h4-7,13,16,23H,8-12H2,1-3H3,(H,20,24)/t13-,16+/m1/s1. The van der Waals surface area contributed by atoms with Gasteiger partial charge in [-0.05, 0) is 17.5 Å². The Morgan fingerprint density at radius 3 is 2.40 bits per heavy atom. The molecule has 0 bridgehead atoms. The van der Waals surface area contributed by atoms with Gasteiger partial charge in [-0.1, -0.05) is 32.9 Å². The average Bonchev–Trinajstić information content (AvgIpc) is 2.97. The van der Waals surface area contributed by atoms with Crippen molar-refractivity contribution in [2.75, 3.05) is 37.6 Å². The van der Waals surface area contributed by atoms with Gasteiger partial charge in [0.2, 0.25) is 11.8 Å². The second-order valence-corrected chi connectivity index (χ2v) is 8.00. The fourth-order valence-electron chi connectivity index (χ4n) is 3.81. The number of rotatable bonds is 2. The number of anilines is 1. The third kappa shape index (κ3) is 3.43. The first kappa shape index (κ1) is 17.6. The van der Waals surface area contributed by atoms with Crippen molar-refractivity contribution in [2.24, 2.45) is 17.3 Å². The number of aromatic hydroxyl groups is 1. The molecular formula is C19H27N3O3. The molecule has 0 unspecified atom stereocenters. The average molecular weight is 345 g/mol. The molecule has 3 rings (SSSR count). The molecule has 1 aromatic rings. The highest BCUT2D eigenvalue weighted by Crippen LogP contribution is 2.36. The Balaban J connectivity index is 1.67. The van der Waals surface area contributed by atoms with E-state index < -0.39 is 5.92 Å². The Morgan fingerprint density at radius 2 is 1.80 bits per heavy atom. The van der Waals surface area contributed by atoms with E-state index in [0.717, 1.165) is 5.69 Å². The maximum absolute atomic E-state index is 13.0. The van der Waals surface area contributed by atoms with E-state index in [9.17, 15) is 14.7 Å². The van der Waals surface area contributed by atoms with E-state index in [2.05, 4.69) is 31.0 Å². The molecule has 2 heterocycles. The topological polar surface area (TPSA) is 72.9 Å². The van der Waals surface area contributed by atoms with Crippen LogP contribution in [0.3, 0.4) is 0 Å². The number of carbonyl (C=O) groups excluding carboxylic acids is 2. The molecule has 2 amide bonds. The lowest BCUT2D eigenvalue weighted by molar-refractivity contribution is -0.143. The van der Waals surface area contributed by atoms with Gasteiger partial charge in [-0.15, -0.1) is 0 Å². The molecule has 0 radical (unpaired) electrons. The molecule has 1 aromatic carbocycles. The molecule has 136 valence electrons. The van der Waals surface area contributed by atoms with Crippen LogP contribution in [0.15, 0.2) is 24.3 Å². The molecule has 0 aliphatic carbocycles. The second kappa shape index (κ2) is 6.58. The minimum atomic E-state index is -0.586. The molecule has 2 aliphatic heterocycles. The zero-order valence-electron chi connectivity index (χ0n) is 15.2. The van der Waals surface area contributed by atoms with E-state index in [-0.39, 0.29) is 28.9 Å². The maximum Gasteiger partial charge on any atom is 0.235 e. The monoisotopic (exact) mass is 345 g/mol. The molecule has 0 saturated carbocycles. The van der Waals surface area contributed by atoms with Gasteiger partial charge in [-0.2, -0.15) is 0 Å². The van der Waals surface area contributed by atoms with E-state index in [0.29, 0.717) is 32.7 Å². The van der Waals surface area contributed by atoms with Crippen molar-refractivity contribution in [3.63, 3.8) is 0 Å². The van der Waals surface area contributed by atoms with Crippen molar-refractivity contribution < 1.29 is 14.7 Å². The van der Waals surface area contributed by atoms with Crippen LogP contribution in [-0.2, 0) is 9.59 Å². The molecule has 6 heteroatoms. The van der Waals surface area contributed by atoms with Crippen LogP contribution in [0.1, 0.15) is 20.8 Å². The summed E-state index contributed by atoms with van der Waals surface area (Å²) in [5, 5.41) is 12.9. The zero-order valence-corrected chi connectivity index (χ0v) is 15.2. The lowest BCUT2D eigenvalue weighted by Gasteiger charge is -2.38. The molecule has 2 fully saturated rings. The van der Waals surface area contributed by atoms with Gasteiger partial charge in [0, 0.05) is 38.6 Å². The Bertz CT molecular complexity index is 660. The third-order valence-electron chi connectivity index (χ3n) is 5.37. The van der Waals surface area contributed by atoms with Crippen LogP contribution in [0, 0.1) is 17.3 Å². The fraction of sp³-hybridized carbons (Fsp3) is 0.579. The number of nitrogens with zero attached hydrogens (tertiary/aromatic N) is 2. The fourth-order valence-corrected chi connectivity index (χ4v) is 3.81. The van der Waals surface area contributed by atoms with Crippen LogP contribution in [0.2, 0.25) is 0 Å². The van der Waals surface area contributed by atoms with E-state index in [1.165, 1.54) is 0 Å². The van der Waals surface area contributed by atoms with Gasteiger partial charge in [0.05, 0.1) is 5.69 Å². The summed E-state index contributed by atoms with van der Waals surface area (Å²) >= 11 is 0.